The molecular formula is C42H45BN2. The van der Waals surface area contributed by atoms with Gasteiger partial charge >= 0.3 is 0 Å². The van der Waals surface area contributed by atoms with E-state index in [-0.39, 0.29) is 6.71 Å². The summed E-state index contributed by atoms with van der Waals surface area (Å²) in [6, 6.07) is 33.4. The SMILES string of the molecule is Cc1cc(C)c(B(c2ccccc2-c2ccc(C#Cc3ccc(N(C)C)cc3)cc2N(C)C)c2c(C)cc(C)cc2C)c(C)c1. The van der Waals surface area contributed by atoms with Crippen molar-refractivity contribution >= 4 is 34.5 Å². The smallest absolute Gasteiger partial charge is 0.243 e. The van der Waals surface area contributed by atoms with E-state index in [1.165, 1.54) is 66.6 Å². The van der Waals surface area contributed by atoms with Crippen molar-refractivity contribution in [2.24, 2.45) is 0 Å². The van der Waals surface area contributed by atoms with E-state index in [0.29, 0.717) is 0 Å². The lowest BCUT2D eigenvalue weighted by Gasteiger charge is -2.27. The molecule has 226 valence electrons. The summed E-state index contributed by atoms with van der Waals surface area (Å²) in [5, 5.41) is 0. The number of anilines is 2. The second-order valence-electron chi connectivity index (χ2n) is 13.0. The lowest BCUT2D eigenvalue weighted by molar-refractivity contribution is 1.13. The fraction of sp³-hybridized carbons (Fsp3) is 0.238. The van der Waals surface area contributed by atoms with Crippen molar-refractivity contribution in [1.82, 2.24) is 0 Å². The van der Waals surface area contributed by atoms with Crippen molar-refractivity contribution in [2.75, 3.05) is 38.0 Å². The van der Waals surface area contributed by atoms with Crippen LogP contribution in [0.2, 0.25) is 0 Å². The second kappa shape index (κ2) is 13.1. The summed E-state index contributed by atoms with van der Waals surface area (Å²) in [4.78, 5) is 4.31. The Hall–Kier alpha value is -4.68. The normalized spacial score (nSPS) is 10.7. The van der Waals surface area contributed by atoms with Gasteiger partial charge in [-0.25, -0.2) is 0 Å². The number of nitrogens with zero attached hydrogens (tertiary/aromatic N) is 2. The van der Waals surface area contributed by atoms with E-state index in [9.17, 15) is 0 Å². The van der Waals surface area contributed by atoms with Crippen LogP contribution in [-0.2, 0) is 0 Å². The van der Waals surface area contributed by atoms with Crippen molar-refractivity contribution in [3.05, 3.63) is 136 Å². The summed E-state index contributed by atoms with van der Waals surface area (Å²) in [5.41, 5.74) is 18.9. The average Bonchev–Trinajstić information content (AvgIpc) is 2.98. The van der Waals surface area contributed by atoms with Gasteiger partial charge in [0, 0.05) is 56.3 Å². The maximum atomic E-state index is 3.42. The minimum absolute atomic E-state index is 0.0991. The zero-order valence-electron chi connectivity index (χ0n) is 28.6. The fourth-order valence-corrected chi connectivity index (χ4v) is 6.94. The van der Waals surface area contributed by atoms with Crippen molar-refractivity contribution in [2.45, 2.75) is 41.5 Å². The van der Waals surface area contributed by atoms with Gasteiger partial charge in [0.1, 0.15) is 0 Å². The Bertz CT molecular complexity index is 1820. The van der Waals surface area contributed by atoms with Crippen LogP contribution in [0.3, 0.4) is 0 Å². The molecular weight excluding hydrogens is 543 g/mol. The first-order valence-corrected chi connectivity index (χ1v) is 15.8. The van der Waals surface area contributed by atoms with E-state index in [2.05, 4.69) is 182 Å². The van der Waals surface area contributed by atoms with Gasteiger partial charge in [0.2, 0.25) is 6.71 Å². The van der Waals surface area contributed by atoms with Gasteiger partial charge < -0.3 is 9.80 Å². The van der Waals surface area contributed by atoms with Crippen molar-refractivity contribution in [3.63, 3.8) is 0 Å². The number of aryl methyl sites for hydroxylation is 6. The monoisotopic (exact) mass is 588 g/mol. The molecule has 0 radical (unpaired) electrons. The van der Waals surface area contributed by atoms with Crippen LogP contribution in [0.15, 0.2) is 91.0 Å². The maximum absolute atomic E-state index is 3.42. The fourth-order valence-electron chi connectivity index (χ4n) is 6.94. The molecule has 0 fully saturated rings. The lowest BCUT2D eigenvalue weighted by Crippen LogP contribution is -2.56. The molecule has 5 aromatic carbocycles. The molecule has 0 N–H and O–H groups in total. The quantitative estimate of drug-likeness (QED) is 0.152. The Morgan fingerprint density at radius 2 is 0.978 bits per heavy atom. The summed E-state index contributed by atoms with van der Waals surface area (Å²) in [6.07, 6.45) is 0. The minimum atomic E-state index is 0.0991. The van der Waals surface area contributed by atoms with Crippen LogP contribution in [-0.4, -0.2) is 34.9 Å². The van der Waals surface area contributed by atoms with Crippen molar-refractivity contribution < 1.29 is 0 Å². The van der Waals surface area contributed by atoms with Crippen LogP contribution in [0, 0.1) is 53.4 Å². The van der Waals surface area contributed by atoms with Gasteiger partial charge in [-0.1, -0.05) is 116 Å². The van der Waals surface area contributed by atoms with Crippen molar-refractivity contribution in [3.8, 4) is 23.0 Å². The highest BCUT2D eigenvalue weighted by Crippen LogP contribution is 2.31. The second-order valence-corrected chi connectivity index (χ2v) is 13.0. The molecule has 0 bridgehead atoms. The average molecular weight is 589 g/mol. The van der Waals surface area contributed by atoms with Crippen LogP contribution in [0.25, 0.3) is 11.1 Å². The molecule has 0 aliphatic heterocycles. The topological polar surface area (TPSA) is 6.48 Å². The van der Waals surface area contributed by atoms with Gasteiger partial charge in [-0.2, -0.15) is 0 Å². The van der Waals surface area contributed by atoms with Gasteiger partial charge in [0.05, 0.1) is 0 Å². The van der Waals surface area contributed by atoms with Crippen molar-refractivity contribution in [1.29, 1.82) is 0 Å². The maximum Gasteiger partial charge on any atom is 0.243 e. The number of hydrogen-bond acceptors (Lipinski definition) is 2. The Balaban J connectivity index is 1.69. The zero-order valence-corrected chi connectivity index (χ0v) is 28.6. The molecule has 0 saturated carbocycles. The molecule has 0 aliphatic rings. The summed E-state index contributed by atoms with van der Waals surface area (Å²) >= 11 is 0. The van der Waals surface area contributed by atoms with Gasteiger partial charge in [0.15, 0.2) is 0 Å². The summed E-state index contributed by atoms with van der Waals surface area (Å²) < 4.78 is 0. The number of rotatable bonds is 6. The number of benzene rings is 5. The van der Waals surface area contributed by atoms with Crippen LogP contribution in [0.4, 0.5) is 11.4 Å². The lowest BCUT2D eigenvalue weighted by atomic mass is 9.33. The molecule has 0 spiro atoms. The van der Waals surface area contributed by atoms with E-state index in [1.807, 2.05) is 0 Å². The highest BCUT2D eigenvalue weighted by molar-refractivity contribution is 6.97. The third-order valence-electron chi connectivity index (χ3n) is 8.83. The molecule has 3 heteroatoms. The largest absolute Gasteiger partial charge is 0.378 e. The first-order chi connectivity index (χ1) is 21.4. The van der Waals surface area contributed by atoms with Crippen LogP contribution < -0.4 is 26.2 Å². The Kier molecular flexibility index (Phi) is 9.26. The van der Waals surface area contributed by atoms with Gasteiger partial charge in [-0.05, 0) is 83.5 Å². The molecule has 45 heavy (non-hydrogen) atoms. The number of hydrogen-bond donors (Lipinski definition) is 0. The summed E-state index contributed by atoms with van der Waals surface area (Å²) in [6.45, 7) is 13.6. The Morgan fingerprint density at radius 3 is 1.49 bits per heavy atom. The highest BCUT2D eigenvalue weighted by atomic mass is 15.1. The predicted octanol–water partition coefficient (Wildman–Crippen LogP) is 7.25. The van der Waals surface area contributed by atoms with Gasteiger partial charge in [0.25, 0.3) is 0 Å². The van der Waals surface area contributed by atoms with E-state index < -0.39 is 0 Å². The summed E-state index contributed by atoms with van der Waals surface area (Å²) in [5.74, 6) is 6.79. The molecule has 0 aromatic heterocycles. The molecule has 0 atom stereocenters. The third-order valence-corrected chi connectivity index (χ3v) is 8.83. The minimum Gasteiger partial charge on any atom is -0.378 e. The first-order valence-electron chi connectivity index (χ1n) is 15.8. The molecule has 2 nitrogen and oxygen atoms in total. The molecule has 0 saturated heterocycles. The summed E-state index contributed by atoms with van der Waals surface area (Å²) in [7, 11) is 8.35. The van der Waals surface area contributed by atoms with E-state index in [4.69, 9.17) is 0 Å². The van der Waals surface area contributed by atoms with Crippen LogP contribution in [0.1, 0.15) is 44.5 Å². The molecule has 5 aromatic rings. The molecule has 0 heterocycles. The van der Waals surface area contributed by atoms with Crippen LogP contribution in [0.5, 0.6) is 0 Å². The van der Waals surface area contributed by atoms with E-state index in [1.54, 1.807) is 0 Å². The Morgan fingerprint density at radius 1 is 0.489 bits per heavy atom. The standard InChI is InChI=1S/C42H45BN2/c1-28-23-30(3)41(31(4)24-28)43(42-32(5)25-29(2)26-33(42)6)39-14-12-11-13-37(39)38-22-19-35(27-40(38)45(9)10)16-15-34-17-20-36(21-18-34)44(7)8/h11-14,17-27H,1-10H3. The predicted molar refractivity (Wildman–Crippen MR) is 199 cm³/mol. The highest BCUT2D eigenvalue weighted by Gasteiger charge is 2.31. The molecule has 0 aliphatic carbocycles. The molecule has 0 amide bonds. The van der Waals surface area contributed by atoms with Gasteiger partial charge in [-0.15, -0.1) is 0 Å². The van der Waals surface area contributed by atoms with Crippen LogP contribution >= 0.6 is 0 Å². The Labute approximate surface area is 271 Å². The first kappa shape index (κ1) is 31.7. The zero-order chi connectivity index (χ0) is 32.4. The van der Waals surface area contributed by atoms with E-state index >= 15 is 0 Å². The molecule has 0 unspecified atom stereocenters. The molecule has 5 rings (SSSR count). The van der Waals surface area contributed by atoms with Gasteiger partial charge in [-0.3, -0.25) is 0 Å². The van der Waals surface area contributed by atoms with E-state index in [0.717, 1.165) is 16.8 Å². The third kappa shape index (κ3) is 6.72.